The minimum absolute atomic E-state index is 0.0231. The van der Waals surface area contributed by atoms with Crippen LogP contribution in [0.5, 0.6) is 0 Å². The fraction of sp³-hybridized carbons (Fsp3) is 0.458. The molecule has 2 aliphatic rings. The smallest absolute Gasteiger partial charge is 0.256 e. The third-order valence-electron chi connectivity index (χ3n) is 6.67. The Morgan fingerprint density at radius 1 is 0.800 bits per heavy atom. The van der Waals surface area contributed by atoms with Crippen molar-refractivity contribution in [1.29, 1.82) is 0 Å². The van der Waals surface area contributed by atoms with E-state index in [4.69, 9.17) is 0 Å². The van der Waals surface area contributed by atoms with Gasteiger partial charge in [0.25, 0.3) is 5.91 Å². The number of rotatable bonds is 4. The van der Waals surface area contributed by atoms with Gasteiger partial charge in [0.1, 0.15) is 5.69 Å². The van der Waals surface area contributed by atoms with Crippen LogP contribution in [0.2, 0.25) is 0 Å². The van der Waals surface area contributed by atoms with Crippen LogP contribution < -0.4 is 9.80 Å². The highest BCUT2D eigenvalue weighted by atomic mass is 32.2. The molecule has 0 bridgehead atoms. The minimum Gasteiger partial charge on any atom is -0.371 e. The topological polar surface area (TPSA) is 60.9 Å². The quantitative estimate of drug-likeness (QED) is 0.459. The molecule has 2 aromatic rings. The number of piperidine rings is 1. The van der Waals surface area contributed by atoms with Gasteiger partial charge >= 0.3 is 0 Å². The van der Waals surface area contributed by atoms with Gasteiger partial charge in [-0.15, -0.1) is 0 Å². The summed E-state index contributed by atoms with van der Waals surface area (Å²) >= 11 is 0. The highest BCUT2D eigenvalue weighted by Gasteiger charge is 2.31. The van der Waals surface area contributed by atoms with Crippen molar-refractivity contribution in [2.24, 2.45) is 0 Å². The molecule has 0 atom stereocenters. The zero-order valence-corrected chi connectivity index (χ0v) is 20.4. The molecule has 2 saturated heterocycles. The molecule has 0 radical (unpaired) electrons. The third kappa shape index (κ3) is 4.82. The first-order chi connectivity index (χ1) is 16.5. The number of amides is 1. The van der Waals surface area contributed by atoms with Crippen molar-refractivity contribution in [3.63, 3.8) is 0 Å². The Balaban J connectivity index is 1.60. The van der Waals surface area contributed by atoms with E-state index < -0.39 is 50.3 Å². The van der Waals surface area contributed by atoms with E-state index in [2.05, 4.69) is 4.90 Å². The van der Waals surface area contributed by atoms with Gasteiger partial charge in [0.2, 0.25) is 0 Å². The van der Waals surface area contributed by atoms with Crippen LogP contribution in [0.1, 0.15) is 35.2 Å². The average molecular weight is 514 g/mol. The summed E-state index contributed by atoms with van der Waals surface area (Å²) in [6.45, 7) is 2.43. The monoisotopic (exact) mass is 513 g/mol. The van der Waals surface area contributed by atoms with Crippen molar-refractivity contribution in [1.82, 2.24) is 4.90 Å². The minimum atomic E-state index is -3.55. The number of carbonyl (C=O) groups excluding carboxylic acids is 1. The molecule has 0 aliphatic carbocycles. The molecule has 2 fully saturated rings. The van der Waals surface area contributed by atoms with Crippen molar-refractivity contribution in [2.75, 3.05) is 55.3 Å². The number of halogens is 4. The van der Waals surface area contributed by atoms with E-state index in [1.165, 1.54) is 21.9 Å². The first kappa shape index (κ1) is 25.3. The van der Waals surface area contributed by atoms with E-state index in [-0.39, 0.29) is 36.6 Å². The van der Waals surface area contributed by atoms with Gasteiger partial charge in [-0.2, -0.15) is 0 Å². The maximum atomic E-state index is 14.5. The summed E-state index contributed by atoms with van der Waals surface area (Å²) in [6.07, 6.45) is 4.07. The van der Waals surface area contributed by atoms with Crippen LogP contribution >= 0.6 is 0 Å². The molecule has 1 amide bonds. The second-order valence-corrected chi connectivity index (χ2v) is 11.0. The number of hydrogen-bond donors (Lipinski definition) is 0. The number of hydrogen-bond acceptors (Lipinski definition) is 5. The molecule has 35 heavy (non-hydrogen) atoms. The molecular weight excluding hydrogens is 486 g/mol. The zero-order chi connectivity index (χ0) is 25.5. The Morgan fingerprint density at radius 3 is 1.91 bits per heavy atom. The van der Waals surface area contributed by atoms with Crippen molar-refractivity contribution in [3.05, 3.63) is 52.6 Å². The van der Waals surface area contributed by atoms with Crippen LogP contribution in [0, 0.1) is 30.2 Å². The van der Waals surface area contributed by atoms with E-state index in [0.29, 0.717) is 5.69 Å². The lowest BCUT2D eigenvalue weighted by Gasteiger charge is -2.37. The zero-order valence-electron chi connectivity index (χ0n) is 19.6. The summed E-state index contributed by atoms with van der Waals surface area (Å²) in [5.41, 5.74) is -0.628. The SMILES string of the molecule is Cc1c(F)c(F)c(N2CCN(C(=O)c3cc(S(C)(=O)=O)ccc3N3CCCCC3)CC2)c(F)c1F. The fourth-order valence-electron chi connectivity index (χ4n) is 4.64. The van der Waals surface area contributed by atoms with Crippen LogP contribution in [0.25, 0.3) is 0 Å². The molecule has 6 nitrogen and oxygen atoms in total. The Kier molecular flexibility index (Phi) is 6.99. The molecule has 0 aromatic heterocycles. The Morgan fingerprint density at radius 2 is 1.37 bits per heavy atom. The Labute approximate surface area is 202 Å². The van der Waals surface area contributed by atoms with Crippen molar-refractivity contribution < 1.29 is 30.8 Å². The summed E-state index contributed by atoms with van der Waals surface area (Å²) < 4.78 is 81.3. The van der Waals surface area contributed by atoms with E-state index in [9.17, 15) is 30.8 Å². The first-order valence-corrected chi connectivity index (χ1v) is 13.4. The summed E-state index contributed by atoms with van der Waals surface area (Å²) in [7, 11) is -3.55. The third-order valence-corrected chi connectivity index (χ3v) is 7.78. The van der Waals surface area contributed by atoms with Gasteiger partial charge in [0.15, 0.2) is 33.1 Å². The van der Waals surface area contributed by atoms with Crippen LogP contribution in [0.15, 0.2) is 23.1 Å². The molecule has 2 aromatic carbocycles. The van der Waals surface area contributed by atoms with Gasteiger partial charge in [-0.25, -0.2) is 26.0 Å². The largest absolute Gasteiger partial charge is 0.371 e. The average Bonchev–Trinajstić information content (AvgIpc) is 2.86. The second-order valence-electron chi connectivity index (χ2n) is 9.01. The van der Waals surface area contributed by atoms with Gasteiger partial charge in [-0.05, 0) is 44.4 Å². The molecular formula is C24H27F4N3O3S. The van der Waals surface area contributed by atoms with E-state index >= 15 is 0 Å². The molecule has 0 saturated carbocycles. The summed E-state index contributed by atoms with van der Waals surface area (Å²) in [5.74, 6) is -6.22. The van der Waals surface area contributed by atoms with Gasteiger partial charge in [0, 0.05) is 56.8 Å². The van der Waals surface area contributed by atoms with Crippen LogP contribution in [0.3, 0.4) is 0 Å². The summed E-state index contributed by atoms with van der Waals surface area (Å²) in [6, 6.07) is 4.51. The lowest BCUT2D eigenvalue weighted by Crippen LogP contribution is -2.49. The standard InChI is InChI=1S/C24H27F4N3O3S/c1-15-19(25)21(27)23(22(28)20(15)26)30-10-12-31(13-11-30)24(32)17-14-16(35(2,33)34)6-7-18(17)29-8-4-3-5-9-29/h6-7,14H,3-5,8-13H2,1-2H3. The molecule has 0 N–H and O–H groups in total. The first-order valence-electron chi connectivity index (χ1n) is 11.5. The van der Waals surface area contributed by atoms with Crippen LogP contribution in [0.4, 0.5) is 28.9 Å². The molecule has 2 aliphatic heterocycles. The highest BCUT2D eigenvalue weighted by molar-refractivity contribution is 7.90. The molecule has 0 spiro atoms. The lowest BCUT2D eigenvalue weighted by molar-refractivity contribution is 0.0746. The molecule has 11 heteroatoms. The maximum absolute atomic E-state index is 14.5. The Bertz CT molecular complexity index is 1230. The number of sulfone groups is 1. The van der Waals surface area contributed by atoms with Gasteiger partial charge < -0.3 is 14.7 Å². The molecule has 190 valence electrons. The Hall–Kier alpha value is -2.82. The maximum Gasteiger partial charge on any atom is 0.256 e. The summed E-state index contributed by atoms with van der Waals surface area (Å²) in [4.78, 5) is 18.2. The fourth-order valence-corrected chi connectivity index (χ4v) is 5.29. The number of piperazine rings is 1. The number of anilines is 2. The number of benzene rings is 2. The van der Waals surface area contributed by atoms with Crippen LogP contribution in [-0.2, 0) is 9.84 Å². The van der Waals surface area contributed by atoms with E-state index in [1.54, 1.807) is 6.07 Å². The predicted octanol–water partition coefficient (Wildman–Crippen LogP) is 3.91. The van der Waals surface area contributed by atoms with Crippen molar-refractivity contribution in [2.45, 2.75) is 31.1 Å². The highest BCUT2D eigenvalue weighted by Crippen LogP contribution is 2.32. The van der Waals surface area contributed by atoms with Gasteiger partial charge in [-0.1, -0.05) is 0 Å². The predicted molar refractivity (Wildman–Crippen MR) is 125 cm³/mol. The molecule has 0 unspecified atom stereocenters. The summed E-state index contributed by atoms with van der Waals surface area (Å²) in [5, 5.41) is 0. The van der Waals surface area contributed by atoms with E-state index in [1.807, 2.05) is 0 Å². The van der Waals surface area contributed by atoms with Gasteiger partial charge in [-0.3, -0.25) is 4.79 Å². The second kappa shape index (κ2) is 9.67. The number of carbonyl (C=O) groups is 1. The van der Waals surface area contributed by atoms with Crippen LogP contribution in [-0.4, -0.2) is 64.7 Å². The molecule has 2 heterocycles. The van der Waals surface area contributed by atoms with Crippen molar-refractivity contribution in [3.8, 4) is 0 Å². The normalized spacial score (nSPS) is 17.1. The number of nitrogens with zero attached hydrogens (tertiary/aromatic N) is 3. The lowest BCUT2D eigenvalue weighted by atomic mass is 10.1. The molecule has 4 rings (SSSR count). The van der Waals surface area contributed by atoms with Crippen molar-refractivity contribution >= 4 is 27.1 Å². The van der Waals surface area contributed by atoms with E-state index in [0.717, 1.165) is 45.5 Å². The van der Waals surface area contributed by atoms with Gasteiger partial charge in [0.05, 0.1) is 10.5 Å².